The molecule has 5 nitrogen and oxygen atoms in total. The molecule has 8 heteroatoms. The van der Waals surface area contributed by atoms with E-state index in [1.54, 1.807) is 17.0 Å². The van der Waals surface area contributed by atoms with Gasteiger partial charge in [-0.25, -0.2) is 8.78 Å². The van der Waals surface area contributed by atoms with Crippen LogP contribution in [0.15, 0.2) is 59.7 Å². The molecule has 1 fully saturated rings. The smallest absolute Gasteiger partial charge is 0.217 e. The molecule has 1 aliphatic rings. The summed E-state index contributed by atoms with van der Waals surface area (Å²) in [5, 5.41) is 18.5. The average Bonchev–Trinajstić information content (AvgIpc) is 2.89. The maximum atomic E-state index is 14.0. The number of anilines is 1. The van der Waals surface area contributed by atoms with Crippen molar-refractivity contribution in [1.82, 2.24) is 9.88 Å². The van der Waals surface area contributed by atoms with E-state index < -0.39 is 23.8 Å². The third kappa shape index (κ3) is 7.50. The molecule has 0 bridgehead atoms. The minimum atomic E-state index is -0.946. The largest absolute Gasteiger partial charge is 0.390 e. The summed E-state index contributed by atoms with van der Waals surface area (Å²) < 4.78 is 30.4. The molecular weight excluding hydrogens is 623 g/mol. The molecule has 0 aliphatic heterocycles. The molecule has 1 heterocycles. The summed E-state index contributed by atoms with van der Waals surface area (Å²) in [6.45, 7) is 6.87. The zero-order valence-electron chi connectivity index (χ0n) is 23.7. The molecule has 1 aliphatic carbocycles. The van der Waals surface area contributed by atoms with Crippen LogP contribution in [-0.2, 0) is 24.4 Å². The van der Waals surface area contributed by atoms with Crippen LogP contribution >= 0.6 is 22.6 Å². The number of rotatable bonds is 9. The van der Waals surface area contributed by atoms with Gasteiger partial charge in [0.25, 0.3) is 0 Å². The molecule has 3 aromatic rings. The van der Waals surface area contributed by atoms with E-state index in [0.717, 1.165) is 31.7 Å². The lowest BCUT2D eigenvalue weighted by Gasteiger charge is -2.41. The van der Waals surface area contributed by atoms with Crippen LogP contribution in [0.25, 0.3) is 0 Å². The highest BCUT2D eigenvalue weighted by Gasteiger charge is 2.35. The molecular formula is C32H40F2IN3O2. The summed E-state index contributed by atoms with van der Waals surface area (Å²) in [4.78, 5) is 12.9. The van der Waals surface area contributed by atoms with Gasteiger partial charge < -0.3 is 20.3 Å². The number of aliphatic hydroxyl groups excluding tert-OH is 1. The second-order valence-electron chi connectivity index (χ2n) is 12.2. The van der Waals surface area contributed by atoms with Crippen molar-refractivity contribution < 1.29 is 13.9 Å². The van der Waals surface area contributed by atoms with Crippen LogP contribution in [-0.4, -0.2) is 28.4 Å². The summed E-state index contributed by atoms with van der Waals surface area (Å²) in [5.74, 6) is -1.35. The van der Waals surface area contributed by atoms with Crippen LogP contribution in [0.2, 0.25) is 0 Å². The van der Waals surface area contributed by atoms with Crippen LogP contribution in [0, 0.1) is 15.2 Å². The lowest BCUT2D eigenvalue weighted by molar-refractivity contribution is 0.122. The fourth-order valence-corrected chi connectivity index (χ4v) is 6.41. The number of nitrogens with zero attached hydrogens (tertiary/aromatic N) is 1. The lowest BCUT2D eigenvalue weighted by Crippen LogP contribution is -2.51. The van der Waals surface area contributed by atoms with Gasteiger partial charge in [0.2, 0.25) is 5.43 Å². The van der Waals surface area contributed by atoms with Crippen LogP contribution in [0.3, 0.4) is 0 Å². The Labute approximate surface area is 249 Å². The molecule has 0 saturated heterocycles. The Hall–Kier alpha value is -2.30. The first-order valence-corrected chi connectivity index (χ1v) is 15.1. The van der Waals surface area contributed by atoms with Crippen LogP contribution in [0.4, 0.5) is 14.5 Å². The topological polar surface area (TPSA) is 66.3 Å². The van der Waals surface area contributed by atoms with Gasteiger partial charge in [0, 0.05) is 37.6 Å². The highest BCUT2D eigenvalue weighted by molar-refractivity contribution is 14.1. The Bertz CT molecular complexity index is 1360. The van der Waals surface area contributed by atoms with Gasteiger partial charge in [-0.15, -0.1) is 0 Å². The Morgan fingerprint density at radius 2 is 1.73 bits per heavy atom. The van der Waals surface area contributed by atoms with E-state index in [1.165, 1.54) is 29.7 Å². The second-order valence-corrected chi connectivity index (χ2v) is 13.3. The fraction of sp³-hybridized carbons (Fsp3) is 0.469. The SMILES string of the molecule is Cn1cc(I)c(=O)c(NC(Cc2cc(F)cc(F)c2)C(O)CNC2(c3cccc(C(C)(C)C)c3)CCCCC2)c1. The van der Waals surface area contributed by atoms with E-state index in [-0.39, 0.29) is 29.3 Å². The number of aliphatic hydroxyl groups is 1. The first kappa shape index (κ1) is 30.7. The first-order valence-electron chi connectivity index (χ1n) is 14.0. The third-order valence-electron chi connectivity index (χ3n) is 7.93. The molecule has 0 amide bonds. The summed E-state index contributed by atoms with van der Waals surface area (Å²) in [7, 11) is 1.82. The normalized spacial score (nSPS) is 16.9. The van der Waals surface area contributed by atoms with E-state index in [4.69, 9.17) is 0 Å². The number of halogens is 3. The molecule has 2 aromatic carbocycles. The monoisotopic (exact) mass is 663 g/mol. The number of pyridine rings is 1. The number of aromatic nitrogens is 1. The van der Waals surface area contributed by atoms with Gasteiger partial charge in [0.15, 0.2) is 0 Å². The van der Waals surface area contributed by atoms with Gasteiger partial charge in [0.05, 0.1) is 15.7 Å². The highest BCUT2D eigenvalue weighted by atomic mass is 127. The van der Waals surface area contributed by atoms with Crippen molar-refractivity contribution in [3.63, 3.8) is 0 Å². The van der Waals surface area contributed by atoms with E-state index in [0.29, 0.717) is 14.8 Å². The zero-order valence-corrected chi connectivity index (χ0v) is 25.9. The molecule has 4 rings (SSSR count). The minimum absolute atomic E-state index is 0.0139. The lowest BCUT2D eigenvalue weighted by atomic mass is 9.74. The molecule has 40 heavy (non-hydrogen) atoms. The van der Waals surface area contributed by atoms with Crippen molar-refractivity contribution in [3.8, 4) is 0 Å². The maximum absolute atomic E-state index is 14.0. The molecule has 0 radical (unpaired) electrons. The number of hydrogen-bond acceptors (Lipinski definition) is 4. The molecule has 0 spiro atoms. The first-order chi connectivity index (χ1) is 18.9. The second kappa shape index (κ2) is 12.7. The van der Waals surface area contributed by atoms with Gasteiger partial charge >= 0.3 is 0 Å². The molecule has 1 aromatic heterocycles. The summed E-state index contributed by atoms with van der Waals surface area (Å²) in [6.07, 6.45) is 7.85. The van der Waals surface area contributed by atoms with Crippen molar-refractivity contribution in [2.24, 2.45) is 7.05 Å². The van der Waals surface area contributed by atoms with E-state index in [9.17, 15) is 18.7 Å². The van der Waals surface area contributed by atoms with Gasteiger partial charge in [0.1, 0.15) is 17.3 Å². The van der Waals surface area contributed by atoms with Crippen molar-refractivity contribution in [2.75, 3.05) is 11.9 Å². The summed E-state index contributed by atoms with van der Waals surface area (Å²) in [5.41, 5.74) is 2.77. The fourth-order valence-electron chi connectivity index (χ4n) is 5.68. The van der Waals surface area contributed by atoms with E-state index >= 15 is 0 Å². The predicted octanol–water partition coefficient (Wildman–Crippen LogP) is 6.40. The average molecular weight is 664 g/mol. The number of aryl methyl sites for hydroxylation is 1. The standard InChI is InChI=1S/C32H40F2IN3O2/c1-31(2,3)22-9-8-10-23(16-22)32(11-6-5-7-12-32)36-18-29(39)27(15-21-13-24(33)17-25(34)14-21)37-28-20-38(4)19-26(35)30(28)40/h8-10,13-14,16-17,19-20,27,29,36-37,39H,5-7,11-12,15,18H2,1-4H3. The Kier molecular flexibility index (Phi) is 9.73. The van der Waals surface area contributed by atoms with Crippen LogP contribution in [0.1, 0.15) is 69.6 Å². The third-order valence-corrected chi connectivity index (χ3v) is 8.70. The molecule has 2 unspecified atom stereocenters. The predicted molar refractivity (Wildman–Crippen MR) is 166 cm³/mol. The molecule has 1 saturated carbocycles. The molecule has 2 atom stereocenters. The van der Waals surface area contributed by atoms with Crippen LogP contribution < -0.4 is 16.1 Å². The zero-order chi connectivity index (χ0) is 29.1. The van der Waals surface area contributed by atoms with Gasteiger partial charge in [-0.1, -0.05) is 64.3 Å². The van der Waals surface area contributed by atoms with Crippen molar-refractivity contribution >= 4 is 28.3 Å². The van der Waals surface area contributed by atoms with Crippen molar-refractivity contribution in [2.45, 2.75) is 82.4 Å². The molecule has 3 N–H and O–H groups in total. The Balaban J connectivity index is 1.63. The molecule has 216 valence electrons. The summed E-state index contributed by atoms with van der Waals surface area (Å²) >= 11 is 1.99. The Morgan fingerprint density at radius 3 is 2.38 bits per heavy atom. The van der Waals surface area contributed by atoms with Crippen molar-refractivity contribution in [3.05, 3.63) is 97.0 Å². The van der Waals surface area contributed by atoms with Crippen molar-refractivity contribution in [1.29, 1.82) is 0 Å². The van der Waals surface area contributed by atoms with Crippen LogP contribution in [0.5, 0.6) is 0 Å². The van der Waals surface area contributed by atoms with E-state index in [2.05, 4.69) is 55.7 Å². The minimum Gasteiger partial charge on any atom is -0.390 e. The summed E-state index contributed by atoms with van der Waals surface area (Å²) in [6, 6.07) is 11.4. The maximum Gasteiger partial charge on any atom is 0.217 e. The number of hydrogen-bond donors (Lipinski definition) is 3. The Morgan fingerprint density at radius 1 is 1.05 bits per heavy atom. The van der Waals surface area contributed by atoms with E-state index in [1.807, 2.05) is 29.6 Å². The van der Waals surface area contributed by atoms with Gasteiger partial charge in [-0.2, -0.15) is 0 Å². The van der Waals surface area contributed by atoms with Gasteiger partial charge in [-0.3, -0.25) is 4.79 Å². The quantitative estimate of drug-likeness (QED) is 0.232. The van der Waals surface area contributed by atoms with Gasteiger partial charge in [-0.05, 0) is 76.1 Å². The number of nitrogens with one attached hydrogen (secondary N) is 2. The number of benzene rings is 2. The highest BCUT2D eigenvalue weighted by Crippen LogP contribution is 2.38.